The second kappa shape index (κ2) is 6.56. The Morgan fingerprint density at radius 2 is 1.59 bits per heavy atom. The molecule has 1 aromatic heterocycles. The first-order valence-electron chi connectivity index (χ1n) is 7.32. The molecule has 0 aliphatic rings. The van der Waals surface area contributed by atoms with Crippen LogP contribution in [0.15, 0.2) is 42.9 Å². The van der Waals surface area contributed by atoms with E-state index >= 15 is 0 Å². The fourth-order valence-electron chi connectivity index (χ4n) is 2.59. The zero-order valence-electron chi connectivity index (χ0n) is 13.8. The molecule has 0 unspecified atom stereocenters. The third kappa shape index (κ3) is 3.25. The Hall–Kier alpha value is -2.42. The molecule has 114 valence electrons. The molecular weight excluding hydrogens is 272 g/mol. The number of ketones is 1. The van der Waals surface area contributed by atoms with Crippen molar-refractivity contribution in [3.05, 3.63) is 70.7 Å². The minimum absolute atomic E-state index is 0.0456. The van der Waals surface area contributed by atoms with Crippen molar-refractivity contribution in [3.8, 4) is 0 Å². The predicted molar refractivity (Wildman–Crippen MR) is 90.9 cm³/mol. The van der Waals surface area contributed by atoms with E-state index in [4.69, 9.17) is 0 Å². The maximum absolute atomic E-state index is 13.1. The average molecular weight is 294 g/mol. The lowest BCUT2D eigenvalue weighted by Crippen LogP contribution is -2.12. The highest BCUT2D eigenvalue weighted by atomic mass is 16.1. The molecule has 1 aromatic carbocycles. The number of aryl methyl sites for hydroxylation is 3. The first-order valence-corrected chi connectivity index (χ1v) is 7.32. The van der Waals surface area contributed by atoms with Crippen molar-refractivity contribution < 1.29 is 4.79 Å². The average Bonchev–Trinajstić information content (AvgIpc) is 2.45. The lowest BCUT2D eigenvalue weighted by atomic mass is 9.91. The summed E-state index contributed by atoms with van der Waals surface area (Å²) in [7, 11) is 3.86. The van der Waals surface area contributed by atoms with E-state index in [0.29, 0.717) is 5.57 Å². The van der Waals surface area contributed by atoms with Crippen LogP contribution in [0.25, 0.3) is 5.57 Å². The van der Waals surface area contributed by atoms with Gasteiger partial charge in [0.05, 0.1) is 0 Å². The van der Waals surface area contributed by atoms with E-state index in [1.54, 1.807) is 12.4 Å². The molecule has 1 heterocycles. The summed E-state index contributed by atoms with van der Waals surface area (Å²) in [5, 5.41) is 0. The minimum Gasteiger partial charge on any atom is -0.383 e. The normalized spacial score (nSPS) is 11.4. The number of rotatable bonds is 4. The highest BCUT2D eigenvalue weighted by Gasteiger charge is 2.19. The van der Waals surface area contributed by atoms with Crippen LogP contribution in [0.3, 0.4) is 0 Å². The minimum atomic E-state index is 0.0456. The topological polar surface area (TPSA) is 33.2 Å². The molecule has 0 N–H and O–H groups in total. The largest absolute Gasteiger partial charge is 0.383 e. The van der Waals surface area contributed by atoms with Gasteiger partial charge in [-0.25, -0.2) is 0 Å². The van der Waals surface area contributed by atoms with E-state index < -0.39 is 0 Å². The molecule has 0 fully saturated rings. The van der Waals surface area contributed by atoms with Crippen molar-refractivity contribution in [1.82, 2.24) is 9.88 Å². The monoisotopic (exact) mass is 294 g/mol. The zero-order chi connectivity index (χ0) is 16.3. The van der Waals surface area contributed by atoms with Gasteiger partial charge in [-0.1, -0.05) is 24.3 Å². The van der Waals surface area contributed by atoms with Crippen LogP contribution in [-0.2, 0) is 0 Å². The number of carbonyl (C=O) groups is 1. The van der Waals surface area contributed by atoms with Crippen molar-refractivity contribution in [3.63, 3.8) is 0 Å². The van der Waals surface area contributed by atoms with Crippen molar-refractivity contribution >= 4 is 11.4 Å². The molecule has 3 heteroatoms. The predicted octanol–water partition coefficient (Wildman–Crippen LogP) is 3.79. The van der Waals surface area contributed by atoms with Gasteiger partial charge < -0.3 is 4.90 Å². The molecule has 2 rings (SSSR count). The number of nitrogens with zero attached hydrogens (tertiary/aromatic N) is 2. The Morgan fingerprint density at radius 3 is 2.14 bits per heavy atom. The van der Waals surface area contributed by atoms with Crippen LogP contribution in [0.1, 0.15) is 32.6 Å². The van der Waals surface area contributed by atoms with E-state index in [2.05, 4.69) is 4.98 Å². The molecule has 0 spiro atoms. The fraction of sp³-hybridized carbons (Fsp3) is 0.263. The Morgan fingerprint density at radius 1 is 1.00 bits per heavy atom. The van der Waals surface area contributed by atoms with Gasteiger partial charge in [-0.3, -0.25) is 9.78 Å². The van der Waals surface area contributed by atoms with Gasteiger partial charge in [-0.15, -0.1) is 0 Å². The van der Waals surface area contributed by atoms with Crippen LogP contribution in [0, 0.1) is 20.8 Å². The number of aromatic nitrogens is 1. The van der Waals surface area contributed by atoms with Crippen molar-refractivity contribution in [2.24, 2.45) is 0 Å². The number of carbonyl (C=O) groups excluding carboxylic acids is 1. The SMILES string of the molecule is Cc1ccccc1C(=O)/C(=C\N(C)C)c1c(C)cncc1C. The van der Waals surface area contributed by atoms with E-state index in [1.165, 1.54) is 0 Å². The summed E-state index contributed by atoms with van der Waals surface area (Å²) in [5.41, 5.74) is 5.42. The first kappa shape index (κ1) is 16.0. The van der Waals surface area contributed by atoms with Gasteiger partial charge >= 0.3 is 0 Å². The first-order chi connectivity index (χ1) is 10.4. The van der Waals surface area contributed by atoms with Crippen LogP contribution in [0.5, 0.6) is 0 Å². The third-order valence-corrected chi connectivity index (χ3v) is 3.62. The van der Waals surface area contributed by atoms with E-state index in [0.717, 1.165) is 27.8 Å². The smallest absolute Gasteiger partial charge is 0.195 e. The molecule has 22 heavy (non-hydrogen) atoms. The molecule has 0 aliphatic heterocycles. The van der Waals surface area contributed by atoms with Gasteiger partial charge in [0.15, 0.2) is 5.78 Å². The molecule has 0 bridgehead atoms. The third-order valence-electron chi connectivity index (χ3n) is 3.62. The van der Waals surface area contributed by atoms with Crippen molar-refractivity contribution in [1.29, 1.82) is 0 Å². The van der Waals surface area contributed by atoms with Gasteiger partial charge in [0.1, 0.15) is 0 Å². The standard InChI is InChI=1S/C19H22N2O/c1-13-8-6-7-9-16(13)19(22)17(12-21(4)5)18-14(2)10-20-11-15(18)3/h6-12H,1-5H3/b17-12-. The molecule has 0 aliphatic carbocycles. The van der Waals surface area contributed by atoms with E-state index in [-0.39, 0.29) is 5.78 Å². The summed E-state index contributed by atoms with van der Waals surface area (Å²) in [6, 6.07) is 7.70. The van der Waals surface area contributed by atoms with Gasteiger partial charge in [-0.05, 0) is 43.0 Å². The lowest BCUT2D eigenvalue weighted by Gasteiger charge is -2.16. The number of pyridine rings is 1. The summed E-state index contributed by atoms with van der Waals surface area (Å²) < 4.78 is 0. The molecular formula is C19H22N2O. The van der Waals surface area contributed by atoms with Crippen LogP contribution in [0.4, 0.5) is 0 Å². The van der Waals surface area contributed by atoms with Gasteiger partial charge in [0.2, 0.25) is 0 Å². The molecule has 3 nitrogen and oxygen atoms in total. The number of hydrogen-bond acceptors (Lipinski definition) is 3. The van der Waals surface area contributed by atoms with E-state index in [1.807, 2.05) is 70.2 Å². The number of Topliss-reactive ketones (excluding diaryl/α,β-unsaturated/α-hetero) is 1. The fourth-order valence-corrected chi connectivity index (χ4v) is 2.59. The molecule has 0 saturated heterocycles. The molecule has 0 atom stereocenters. The Labute approximate surface area is 132 Å². The van der Waals surface area contributed by atoms with Crippen LogP contribution < -0.4 is 0 Å². The van der Waals surface area contributed by atoms with Gasteiger partial charge in [0, 0.05) is 43.8 Å². The molecule has 2 aromatic rings. The van der Waals surface area contributed by atoms with Crippen LogP contribution >= 0.6 is 0 Å². The summed E-state index contributed by atoms with van der Waals surface area (Å²) in [6.07, 6.45) is 5.50. The molecule has 0 amide bonds. The Balaban J connectivity index is 2.63. The van der Waals surface area contributed by atoms with Gasteiger partial charge in [0.25, 0.3) is 0 Å². The Kier molecular flexibility index (Phi) is 4.76. The second-order valence-corrected chi connectivity index (χ2v) is 5.80. The maximum Gasteiger partial charge on any atom is 0.195 e. The molecule has 0 radical (unpaired) electrons. The van der Waals surface area contributed by atoms with Crippen LogP contribution in [0.2, 0.25) is 0 Å². The zero-order valence-corrected chi connectivity index (χ0v) is 13.8. The summed E-state index contributed by atoms with van der Waals surface area (Å²) in [5.74, 6) is 0.0456. The highest BCUT2D eigenvalue weighted by molar-refractivity contribution is 6.29. The van der Waals surface area contributed by atoms with Crippen molar-refractivity contribution in [2.75, 3.05) is 14.1 Å². The van der Waals surface area contributed by atoms with E-state index in [9.17, 15) is 4.79 Å². The van der Waals surface area contributed by atoms with Crippen LogP contribution in [-0.4, -0.2) is 29.8 Å². The quantitative estimate of drug-likeness (QED) is 0.635. The maximum atomic E-state index is 13.1. The number of hydrogen-bond donors (Lipinski definition) is 0. The molecule has 0 saturated carbocycles. The van der Waals surface area contributed by atoms with Crippen molar-refractivity contribution in [2.45, 2.75) is 20.8 Å². The summed E-state index contributed by atoms with van der Waals surface area (Å²) in [6.45, 7) is 5.95. The highest BCUT2D eigenvalue weighted by Crippen LogP contribution is 2.27. The number of benzene rings is 1. The summed E-state index contributed by atoms with van der Waals surface area (Å²) in [4.78, 5) is 19.2. The second-order valence-electron chi connectivity index (χ2n) is 5.80. The number of allylic oxidation sites excluding steroid dienone is 1. The Bertz CT molecular complexity index is 710. The van der Waals surface area contributed by atoms with Gasteiger partial charge in [-0.2, -0.15) is 0 Å². The lowest BCUT2D eigenvalue weighted by molar-refractivity contribution is 0.105. The summed E-state index contributed by atoms with van der Waals surface area (Å²) >= 11 is 0.